The average Bonchev–Trinajstić information content (AvgIpc) is 2.88. The molecule has 2 N–H and O–H groups in total. The van der Waals surface area contributed by atoms with Crippen LogP contribution in [0.5, 0.6) is 0 Å². The van der Waals surface area contributed by atoms with Gasteiger partial charge in [0, 0.05) is 30.0 Å². The molecule has 0 radical (unpaired) electrons. The summed E-state index contributed by atoms with van der Waals surface area (Å²) in [7, 11) is 0. The first-order chi connectivity index (χ1) is 13.0. The van der Waals surface area contributed by atoms with Crippen LogP contribution in [-0.4, -0.2) is 33.9 Å². The standard InChI is InChI=1S/C21H30N4O3/c1-14(13-25-16(3)11-15(2)24-25)12-22-19(26)17-7-9-18(10-8-17)23-20(27)28-21(4,5)6/h7-11,14H,12-13H2,1-6H3,(H,22,26)(H,23,27). The van der Waals surface area contributed by atoms with E-state index in [0.29, 0.717) is 17.8 Å². The van der Waals surface area contributed by atoms with Crippen molar-refractivity contribution in [1.82, 2.24) is 15.1 Å². The largest absolute Gasteiger partial charge is 0.444 e. The fraction of sp³-hybridized carbons (Fsp3) is 0.476. The Balaban J connectivity index is 1.83. The molecule has 0 fully saturated rings. The Morgan fingerprint density at radius 1 is 1.18 bits per heavy atom. The van der Waals surface area contributed by atoms with Crippen LogP contribution in [0.1, 0.15) is 49.4 Å². The summed E-state index contributed by atoms with van der Waals surface area (Å²) in [6.07, 6.45) is -0.525. The normalized spacial score (nSPS) is 12.4. The van der Waals surface area contributed by atoms with Crippen LogP contribution in [0.15, 0.2) is 30.3 Å². The fourth-order valence-corrected chi connectivity index (χ4v) is 2.71. The first kappa shape index (κ1) is 21.5. The van der Waals surface area contributed by atoms with Gasteiger partial charge in [-0.05, 0) is 70.9 Å². The zero-order valence-electron chi connectivity index (χ0n) is 17.5. The SMILES string of the molecule is Cc1cc(C)n(CC(C)CNC(=O)c2ccc(NC(=O)OC(C)(C)C)cc2)n1. The number of rotatable bonds is 6. The van der Waals surface area contributed by atoms with Crippen molar-refractivity contribution >= 4 is 17.7 Å². The lowest BCUT2D eigenvalue weighted by Crippen LogP contribution is -2.30. The molecule has 0 aliphatic rings. The third-order valence-electron chi connectivity index (χ3n) is 3.99. The van der Waals surface area contributed by atoms with E-state index in [1.165, 1.54) is 0 Å². The van der Waals surface area contributed by atoms with Gasteiger partial charge in [-0.25, -0.2) is 4.79 Å². The topological polar surface area (TPSA) is 85.2 Å². The Labute approximate surface area is 166 Å². The summed E-state index contributed by atoms with van der Waals surface area (Å²) in [6, 6.07) is 8.75. The summed E-state index contributed by atoms with van der Waals surface area (Å²) in [4.78, 5) is 24.1. The number of amides is 2. The molecule has 0 bridgehead atoms. The van der Waals surface area contributed by atoms with E-state index in [-0.39, 0.29) is 11.8 Å². The van der Waals surface area contributed by atoms with Crippen LogP contribution >= 0.6 is 0 Å². The molecular formula is C21H30N4O3. The van der Waals surface area contributed by atoms with E-state index in [4.69, 9.17) is 4.74 Å². The minimum absolute atomic E-state index is 0.149. The second-order valence-electron chi connectivity index (χ2n) is 8.13. The maximum Gasteiger partial charge on any atom is 0.412 e. The number of carbonyl (C=O) groups excluding carboxylic acids is 2. The molecule has 0 aliphatic heterocycles. The van der Waals surface area contributed by atoms with Crippen molar-refractivity contribution in [1.29, 1.82) is 0 Å². The van der Waals surface area contributed by atoms with Crippen molar-refractivity contribution in [2.45, 2.75) is 53.7 Å². The smallest absolute Gasteiger partial charge is 0.412 e. The molecule has 1 heterocycles. The van der Waals surface area contributed by atoms with Gasteiger partial charge < -0.3 is 10.1 Å². The van der Waals surface area contributed by atoms with Crippen LogP contribution in [0.3, 0.4) is 0 Å². The average molecular weight is 386 g/mol. The van der Waals surface area contributed by atoms with Crippen LogP contribution < -0.4 is 10.6 Å². The molecule has 152 valence electrons. The van der Waals surface area contributed by atoms with Gasteiger partial charge in [-0.2, -0.15) is 5.10 Å². The number of benzene rings is 1. The highest BCUT2D eigenvalue weighted by Crippen LogP contribution is 2.13. The number of hydrogen-bond donors (Lipinski definition) is 2. The Kier molecular flexibility index (Phi) is 6.83. The molecule has 2 amide bonds. The van der Waals surface area contributed by atoms with Crippen molar-refractivity contribution < 1.29 is 14.3 Å². The van der Waals surface area contributed by atoms with Crippen molar-refractivity contribution in [2.75, 3.05) is 11.9 Å². The highest BCUT2D eigenvalue weighted by Gasteiger charge is 2.16. The zero-order valence-corrected chi connectivity index (χ0v) is 17.5. The number of nitrogens with one attached hydrogen (secondary N) is 2. The van der Waals surface area contributed by atoms with Gasteiger partial charge in [0.25, 0.3) is 5.91 Å². The zero-order chi connectivity index (χ0) is 20.9. The van der Waals surface area contributed by atoms with Gasteiger partial charge in [0.15, 0.2) is 0 Å². The lowest BCUT2D eigenvalue weighted by Gasteiger charge is -2.19. The lowest BCUT2D eigenvalue weighted by molar-refractivity contribution is 0.0635. The number of aromatic nitrogens is 2. The van der Waals surface area contributed by atoms with Crippen LogP contribution in [0.4, 0.5) is 10.5 Å². The van der Waals surface area contributed by atoms with Crippen LogP contribution in [0, 0.1) is 19.8 Å². The van der Waals surface area contributed by atoms with E-state index in [0.717, 1.165) is 17.9 Å². The minimum Gasteiger partial charge on any atom is -0.444 e. The highest BCUT2D eigenvalue weighted by molar-refractivity contribution is 5.95. The molecule has 1 aromatic heterocycles. The molecule has 0 saturated heterocycles. The lowest BCUT2D eigenvalue weighted by atomic mass is 10.1. The molecule has 1 unspecified atom stereocenters. The van der Waals surface area contributed by atoms with E-state index < -0.39 is 11.7 Å². The predicted octanol–water partition coefficient (Wildman–Crippen LogP) is 3.91. The number of carbonyl (C=O) groups is 2. The van der Waals surface area contributed by atoms with Crippen LogP contribution in [0.2, 0.25) is 0 Å². The number of hydrogen-bond acceptors (Lipinski definition) is 4. The van der Waals surface area contributed by atoms with E-state index in [2.05, 4.69) is 22.7 Å². The summed E-state index contributed by atoms with van der Waals surface area (Å²) in [6.45, 7) is 12.8. The molecule has 0 saturated carbocycles. The van der Waals surface area contributed by atoms with Crippen molar-refractivity contribution in [2.24, 2.45) is 5.92 Å². The van der Waals surface area contributed by atoms with Gasteiger partial charge in [0.05, 0.1) is 5.69 Å². The molecule has 0 aliphatic carbocycles. The molecule has 2 rings (SSSR count). The summed E-state index contributed by atoms with van der Waals surface area (Å²) in [5.74, 6) is 0.0964. The van der Waals surface area contributed by atoms with Gasteiger partial charge >= 0.3 is 6.09 Å². The van der Waals surface area contributed by atoms with Gasteiger partial charge in [0.1, 0.15) is 5.60 Å². The van der Waals surface area contributed by atoms with Crippen molar-refractivity contribution in [3.8, 4) is 0 Å². The molecule has 7 nitrogen and oxygen atoms in total. The maximum atomic E-state index is 12.3. The number of aryl methyl sites for hydroxylation is 2. The quantitative estimate of drug-likeness (QED) is 0.788. The summed E-state index contributed by atoms with van der Waals surface area (Å²) >= 11 is 0. The van der Waals surface area contributed by atoms with Gasteiger partial charge in [-0.1, -0.05) is 6.92 Å². The third-order valence-corrected chi connectivity index (χ3v) is 3.99. The summed E-state index contributed by atoms with van der Waals surface area (Å²) in [5.41, 5.74) is 2.66. The second-order valence-corrected chi connectivity index (χ2v) is 8.13. The van der Waals surface area contributed by atoms with Gasteiger partial charge in [0.2, 0.25) is 0 Å². The molecule has 28 heavy (non-hydrogen) atoms. The predicted molar refractivity (Wildman–Crippen MR) is 109 cm³/mol. The monoisotopic (exact) mass is 386 g/mol. The van der Waals surface area contributed by atoms with E-state index in [1.807, 2.05) is 24.6 Å². The summed E-state index contributed by atoms with van der Waals surface area (Å²) < 4.78 is 7.17. The Morgan fingerprint density at radius 3 is 2.36 bits per heavy atom. The van der Waals surface area contributed by atoms with E-state index >= 15 is 0 Å². The summed E-state index contributed by atoms with van der Waals surface area (Å²) in [5, 5.41) is 10.0. The van der Waals surface area contributed by atoms with Crippen LogP contribution in [0.25, 0.3) is 0 Å². The maximum absolute atomic E-state index is 12.3. The first-order valence-corrected chi connectivity index (χ1v) is 9.43. The Hall–Kier alpha value is -2.83. The van der Waals surface area contributed by atoms with Gasteiger partial charge in [-0.3, -0.25) is 14.8 Å². The molecule has 0 spiro atoms. The first-order valence-electron chi connectivity index (χ1n) is 9.43. The van der Waals surface area contributed by atoms with Crippen molar-refractivity contribution in [3.05, 3.63) is 47.3 Å². The van der Waals surface area contributed by atoms with Crippen LogP contribution in [-0.2, 0) is 11.3 Å². The fourth-order valence-electron chi connectivity index (χ4n) is 2.71. The third kappa shape index (κ3) is 6.72. The van der Waals surface area contributed by atoms with Gasteiger partial charge in [-0.15, -0.1) is 0 Å². The van der Waals surface area contributed by atoms with E-state index in [9.17, 15) is 9.59 Å². The highest BCUT2D eigenvalue weighted by atomic mass is 16.6. The van der Waals surface area contributed by atoms with Crippen molar-refractivity contribution in [3.63, 3.8) is 0 Å². The molecule has 1 aromatic carbocycles. The van der Waals surface area contributed by atoms with E-state index in [1.54, 1.807) is 45.0 Å². The second kappa shape index (κ2) is 8.91. The molecular weight excluding hydrogens is 356 g/mol. The number of anilines is 1. The molecule has 1 atom stereocenters. The number of nitrogens with zero attached hydrogens (tertiary/aromatic N) is 2. The number of ether oxygens (including phenoxy) is 1. The minimum atomic E-state index is -0.561. The molecule has 7 heteroatoms. The Bertz CT molecular complexity index is 819. The molecule has 2 aromatic rings. The Morgan fingerprint density at radius 2 is 1.82 bits per heavy atom.